The van der Waals surface area contributed by atoms with Crippen LogP contribution in [0.15, 0.2) is 0 Å². The summed E-state index contributed by atoms with van der Waals surface area (Å²) in [5.41, 5.74) is 0.337. The van der Waals surface area contributed by atoms with Gasteiger partial charge in [0.25, 0.3) is 0 Å². The van der Waals surface area contributed by atoms with E-state index in [-0.39, 0.29) is 5.15 Å². The number of nitrogens with one attached hydrogen (secondary N) is 1. The lowest BCUT2D eigenvalue weighted by Crippen LogP contribution is -2.26. The Balaban J connectivity index is 1.97. The largest absolute Gasteiger partial charge is 0.368 e. The Kier molecular flexibility index (Phi) is 4.49. The first-order valence-corrected chi connectivity index (χ1v) is 6.54. The number of halogens is 1. The number of likely N-dealkylation sites (tertiary alicyclic amines) is 1. The molecular weight excluding hydrogens is 252 g/mol. The summed E-state index contributed by atoms with van der Waals surface area (Å²) >= 11 is 5.91. The van der Waals surface area contributed by atoms with E-state index in [0.29, 0.717) is 23.5 Å². The lowest BCUT2D eigenvalue weighted by Gasteiger charge is -2.15. The molecule has 0 amide bonds. The second kappa shape index (κ2) is 6.11. The van der Waals surface area contributed by atoms with Gasteiger partial charge >= 0.3 is 0 Å². The summed E-state index contributed by atoms with van der Waals surface area (Å²) in [4.78, 5) is 21.5. The third-order valence-electron chi connectivity index (χ3n) is 3.05. The molecular formula is C12H17ClN4O. The van der Waals surface area contributed by atoms with Crippen LogP contribution in [0.25, 0.3) is 0 Å². The number of aryl methyl sites for hydroxylation is 1. The molecule has 0 bridgehead atoms. The van der Waals surface area contributed by atoms with Crippen molar-refractivity contribution in [1.82, 2.24) is 14.9 Å². The number of aromatic nitrogens is 2. The number of rotatable bonds is 5. The van der Waals surface area contributed by atoms with Crippen molar-refractivity contribution in [2.75, 3.05) is 31.5 Å². The highest BCUT2D eigenvalue weighted by Crippen LogP contribution is 2.18. The molecule has 1 fully saturated rings. The van der Waals surface area contributed by atoms with E-state index < -0.39 is 0 Å². The minimum absolute atomic E-state index is 0.209. The maximum absolute atomic E-state index is 11.0. The summed E-state index contributed by atoms with van der Waals surface area (Å²) in [5.74, 6) is 1.09. The number of aldehydes is 1. The molecule has 1 aliphatic heterocycles. The van der Waals surface area contributed by atoms with Crippen molar-refractivity contribution in [3.05, 3.63) is 16.5 Å². The summed E-state index contributed by atoms with van der Waals surface area (Å²) in [6, 6.07) is 0. The minimum Gasteiger partial charge on any atom is -0.368 e. The molecule has 1 aromatic heterocycles. The molecule has 1 aliphatic rings. The third kappa shape index (κ3) is 3.17. The van der Waals surface area contributed by atoms with Crippen molar-refractivity contribution in [1.29, 1.82) is 0 Å². The van der Waals surface area contributed by atoms with Crippen LogP contribution in [-0.4, -0.2) is 47.3 Å². The predicted molar refractivity (Wildman–Crippen MR) is 71.3 cm³/mol. The maximum atomic E-state index is 11.0. The van der Waals surface area contributed by atoms with Gasteiger partial charge < -0.3 is 10.2 Å². The van der Waals surface area contributed by atoms with Crippen LogP contribution in [0, 0.1) is 6.92 Å². The lowest BCUT2D eigenvalue weighted by molar-refractivity contribution is 0.112. The van der Waals surface area contributed by atoms with Crippen LogP contribution in [0.4, 0.5) is 5.82 Å². The van der Waals surface area contributed by atoms with Crippen molar-refractivity contribution in [3.63, 3.8) is 0 Å². The fraction of sp³-hybridized carbons (Fsp3) is 0.583. The molecule has 0 radical (unpaired) electrons. The van der Waals surface area contributed by atoms with Gasteiger partial charge in [-0.3, -0.25) is 4.79 Å². The van der Waals surface area contributed by atoms with Gasteiger partial charge in [0.05, 0.1) is 5.56 Å². The summed E-state index contributed by atoms with van der Waals surface area (Å²) in [7, 11) is 0. The zero-order chi connectivity index (χ0) is 13.0. The van der Waals surface area contributed by atoms with Gasteiger partial charge in [-0.25, -0.2) is 9.97 Å². The van der Waals surface area contributed by atoms with Crippen molar-refractivity contribution in [2.24, 2.45) is 0 Å². The molecule has 1 aromatic rings. The van der Waals surface area contributed by atoms with Gasteiger partial charge in [-0.2, -0.15) is 0 Å². The van der Waals surface area contributed by atoms with Crippen molar-refractivity contribution in [3.8, 4) is 0 Å². The number of anilines is 1. The predicted octanol–water partition coefficient (Wildman–Crippen LogP) is 1.76. The average Bonchev–Trinajstić information content (AvgIpc) is 2.81. The second-order valence-corrected chi connectivity index (χ2v) is 4.78. The van der Waals surface area contributed by atoms with E-state index in [1.807, 2.05) is 0 Å². The van der Waals surface area contributed by atoms with E-state index in [2.05, 4.69) is 20.2 Å². The van der Waals surface area contributed by atoms with Gasteiger partial charge in [-0.1, -0.05) is 11.6 Å². The van der Waals surface area contributed by atoms with E-state index in [4.69, 9.17) is 11.6 Å². The summed E-state index contributed by atoms with van der Waals surface area (Å²) in [5, 5.41) is 3.37. The number of hydrogen-bond donors (Lipinski definition) is 1. The molecule has 0 unspecified atom stereocenters. The zero-order valence-electron chi connectivity index (χ0n) is 10.4. The van der Waals surface area contributed by atoms with Crippen LogP contribution < -0.4 is 5.32 Å². The Morgan fingerprint density at radius 1 is 1.39 bits per heavy atom. The summed E-state index contributed by atoms with van der Waals surface area (Å²) < 4.78 is 0. The molecule has 2 heterocycles. The molecule has 5 nitrogen and oxygen atoms in total. The first kappa shape index (κ1) is 13.2. The molecule has 2 rings (SSSR count). The molecule has 0 atom stereocenters. The van der Waals surface area contributed by atoms with E-state index >= 15 is 0 Å². The monoisotopic (exact) mass is 268 g/mol. The SMILES string of the molecule is Cc1nc(Cl)c(C=O)c(NCCN2CCCC2)n1. The van der Waals surface area contributed by atoms with Crippen LogP contribution in [0.3, 0.4) is 0 Å². The van der Waals surface area contributed by atoms with Gasteiger partial charge in [0.2, 0.25) is 0 Å². The van der Waals surface area contributed by atoms with Crippen molar-refractivity contribution in [2.45, 2.75) is 19.8 Å². The highest BCUT2D eigenvalue weighted by molar-refractivity contribution is 6.32. The first-order valence-electron chi connectivity index (χ1n) is 6.16. The average molecular weight is 269 g/mol. The fourth-order valence-corrected chi connectivity index (χ4v) is 2.38. The normalized spacial score (nSPS) is 15.9. The number of hydrogen-bond acceptors (Lipinski definition) is 5. The van der Waals surface area contributed by atoms with Crippen LogP contribution in [-0.2, 0) is 0 Å². The molecule has 18 heavy (non-hydrogen) atoms. The van der Waals surface area contributed by atoms with E-state index in [1.54, 1.807) is 6.92 Å². The van der Waals surface area contributed by atoms with Gasteiger partial charge in [-0.05, 0) is 32.9 Å². The highest BCUT2D eigenvalue weighted by atomic mass is 35.5. The van der Waals surface area contributed by atoms with E-state index in [1.165, 1.54) is 12.8 Å². The van der Waals surface area contributed by atoms with Gasteiger partial charge in [-0.15, -0.1) is 0 Å². The Labute approximate surface area is 112 Å². The number of nitrogens with zero attached hydrogens (tertiary/aromatic N) is 3. The second-order valence-electron chi connectivity index (χ2n) is 4.42. The molecule has 1 N–H and O–H groups in total. The molecule has 0 saturated carbocycles. The Morgan fingerprint density at radius 2 is 2.11 bits per heavy atom. The van der Waals surface area contributed by atoms with Gasteiger partial charge in [0.15, 0.2) is 6.29 Å². The van der Waals surface area contributed by atoms with Crippen molar-refractivity contribution >= 4 is 23.7 Å². The molecule has 0 aliphatic carbocycles. The standard InChI is InChI=1S/C12H17ClN4O/c1-9-15-11(13)10(8-18)12(16-9)14-4-7-17-5-2-3-6-17/h8H,2-7H2,1H3,(H,14,15,16). The molecule has 0 spiro atoms. The van der Waals surface area contributed by atoms with Crippen LogP contribution in [0.1, 0.15) is 29.0 Å². The van der Waals surface area contributed by atoms with E-state index in [0.717, 1.165) is 26.2 Å². The topological polar surface area (TPSA) is 58.1 Å². The van der Waals surface area contributed by atoms with E-state index in [9.17, 15) is 4.79 Å². The fourth-order valence-electron chi connectivity index (χ4n) is 2.12. The Bertz CT molecular complexity index is 432. The number of carbonyl (C=O) groups is 1. The molecule has 98 valence electrons. The highest BCUT2D eigenvalue weighted by Gasteiger charge is 2.13. The first-order chi connectivity index (χ1) is 8.70. The number of carbonyl (C=O) groups excluding carboxylic acids is 1. The Morgan fingerprint density at radius 3 is 2.78 bits per heavy atom. The smallest absolute Gasteiger partial charge is 0.156 e. The summed E-state index contributed by atoms with van der Waals surface area (Å²) in [6.45, 7) is 5.79. The van der Waals surface area contributed by atoms with Crippen LogP contribution >= 0.6 is 11.6 Å². The third-order valence-corrected chi connectivity index (χ3v) is 3.34. The quantitative estimate of drug-likeness (QED) is 0.651. The molecule has 1 saturated heterocycles. The van der Waals surface area contributed by atoms with Crippen LogP contribution in [0.2, 0.25) is 5.15 Å². The maximum Gasteiger partial charge on any atom is 0.156 e. The molecule has 0 aromatic carbocycles. The molecule has 6 heteroatoms. The van der Waals surface area contributed by atoms with Crippen molar-refractivity contribution < 1.29 is 4.79 Å². The van der Waals surface area contributed by atoms with Crippen LogP contribution in [0.5, 0.6) is 0 Å². The summed E-state index contributed by atoms with van der Waals surface area (Å²) in [6.07, 6.45) is 3.25. The Hall–Kier alpha value is -1.20. The minimum atomic E-state index is 0.209. The zero-order valence-corrected chi connectivity index (χ0v) is 11.2. The van der Waals surface area contributed by atoms with Gasteiger partial charge in [0.1, 0.15) is 16.8 Å². The van der Waals surface area contributed by atoms with Gasteiger partial charge in [0, 0.05) is 13.1 Å². The lowest BCUT2D eigenvalue weighted by atomic mass is 10.3.